The Morgan fingerprint density at radius 3 is 2.31 bits per heavy atom. The molecule has 0 spiro atoms. The number of rotatable bonds is 5. The second-order valence-corrected chi connectivity index (χ2v) is 7.82. The third kappa shape index (κ3) is 4.49. The highest BCUT2D eigenvalue weighted by atomic mass is 32.2. The van der Waals surface area contributed by atoms with Crippen molar-refractivity contribution >= 4 is 29.7 Å². The fourth-order valence-electron chi connectivity index (χ4n) is 2.71. The van der Waals surface area contributed by atoms with Gasteiger partial charge in [-0.25, -0.2) is 0 Å². The van der Waals surface area contributed by atoms with Crippen molar-refractivity contribution in [3.63, 3.8) is 0 Å². The van der Waals surface area contributed by atoms with E-state index in [0.29, 0.717) is 10.7 Å². The molecular weight excluding hydrogens is 348 g/mol. The number of nitrogens with zero attached hydrogens (tertiary/aromatic N) is 1. The molecule has 0 bridgehead atoms. The summed E-state index contributed by atoms with van der Waals surface area (Å²) in [6.07, 6.45) is 3.44. The SMILES string of the molecule is CNC(=O)CN1C=CS/C(=C\c2cc(C(C)C)c(O)c(C(C)C)c2)C1=O. The number of aromatic hydroxyl groups is 1. The van der Waals surface area contributed by atoms with E-state index < -0.39 is 0 Å². The molecule has 6 heteroatoms. The number of hydrogen-bond acceptors (Lipinski definition) is 4. The number of carbonyl (C=O) groups excluding carboxylic acids is 2. The molecule has 0 radical (unpaired) electrons. The first-order chi connectivity index (χ1) is 12.2. The van der Waals surface area contributed by atoms with Gasteiger partial charge in [0.2, 0.25) is 5.91 Å². The summed E-state index contributed by atoms with van der Waals surface area (Å²) >= 11 is 1.33. The summed E-state index contributed by atoms with van der Waals surface area (Å²) in [5, 5.41) is 14.8. The van der Waals surface area contributed by atoms with Crippen molar-refractivity contribution in [2.24, 2.45) is 0 Å². The van der Waals surface area contributed by atoms with Crippen molar-refractivity contribution in [1.82, 2.24) is 10.2 Å². The van der Waals surface area contributed by atoms with E-state index in [4.69, 9.17) is 0 Å². The fraction of sp³-hybridized carbons (Fsp3) is 0.400. The van der Waals surface area contributed by atoms with E-state index in [0.717, 1.165) is 16.7 Å². The Hall–Kier alpha value is -2.21. The summed E-state index contributed by atoms with van der Waals surface area (Å²) in [7, 11) is 1.54. The minimum atomic E-state index is -0.219. The lowest BCUT2D eigenvalue weighted by molar-refractivity contribution is -0.130. The Bertz CT molecular complexity index is 737. The Labute approximate surface area is 159 Å². The minimum absolute atomic E-state index is 0.00615. The van der Waals surface area contributed by atoms with Crippen molar-refractivity contribution in [3.05, 3.63) is 45.3 Å². The third-order valence-corrected chi connectivity index (χ3v) is 5.04. The molecule has 0 aliphatic carbocycles. The fourth-order valence-corrected chi connectivity index (χ4v) is 3.49. The van der Waals surface area contributed by atoms with Gasteiger partial charge >= 0.3 is 0 Å². The van der Waals surface area contributed by atoms with Crippen LogP contribution in [0.5, 0.6) is 5.75 Å². The van der Waals surface area contributed by atoms with E-state index in [1.54, 1.807) is 18.7 Å². The maximum Gasteiger partial charge on any atom is 0.265 e. The van der Waals surface area contributed by atoms with Crippen LogP contribution in [0, 0.1) is 0 Å². The zero-order chi connectivity index (χ0) is 19.4. The van der Waals surface area contributed by atoms with Gasteiger partial charge in [0.25, 0.3) is 5.91 Å². The highest BCUT2D eigenvalue weighted by molar-refractivity contribution is 8.06. The van der Waals surface area contributed by atoms with Gasteiger partial charge in [0, 0.05) is 13.2 Å². The number of phenols is 1. The summed E-state index contributed by atoms with van der Waals surface area (Å²) in [6, 6.07) is 3.85. The molecule has 2 N–H and O–H groups in total. The number of likely N-dealkylation sites (N-methyl/N-ethyl adjacent to an activating group) is 1. The maximum absolute atomic E-state index is 12.6. The van der Waals surface area contributed by atoms with E-state index in [1.807, 2.05) is 45.9 Å². The van der Waals surface area contributed by atoms with Crippen LogP contribution < -0.4 is 5.32 Å². The van der Waals surface area contributed by atoms with Crippen molar-refractivity contribution in [3.8, 4) is 5.75 Å². The van der Waals surface area contributed by atoms with Gasteiger partial charge in [-0.2, -0.15) is 0 Å². The highest BCUT2D eigenvalue weighted by Crippen LogP contribution is 2.36. The Morgan fingerprint density at radius 2 is 1.81 bits per heavy atom. The second kappa shape index (κ2) is 8.45. The van der Waals surface area contributed by atoms with Crippen LogP contribution in [0.4, 0.5) is 0 Å². The number of nitrogens with one attached hydrogen (secondary N) is 1. The lowest BCUT2D eigenvalue weighted by Crippen LogP contribution is -2.37. The first-order valence-electron chi connectivity index (χ1n) is 8.68. The van der Waals surface area contributed by atoms with Crippen LogP contribution in [-0.4, -0.2) is 35.4 Å². The monoisotopic (exact) mass is 374 g/mol. The van der Waals surface area contributed by atoms with E-state index in [2.05, 4.69) is 5.32 Å². The molecule has 26 heavy (non-hydrogen) atoms. The average molecular weight is 375 g/mol. The van der Waals surface area contributed by atoms with Gasteiger partial charge in [0.1, 0.15) is 12.3 Å². The van der Waals surface area contributed by atoms with Crippen LogP contribution in [0.2, 0.25) is 0 Å². The van der Waals surface area contributed by atoms with E-state index in [9.17, 15) is 14.7 Å². The van der Waals surface area contributed by atoms with Gasteiger partial charge in [-0.15, -0.1) is 0 Å². The normalized spacial score (nSPS) is 16.0. The standard InChI is InChI=1S/C20H26N2O3S/c1-12(2)15-8-14(9-16(13(3)4)19(15)24)10-17-20(25)22(6-7-26-17)11-18(23)21-5/h6-10,12-13,24H,11H2,1-5H3,(H,21,23)/b17-10-. The Morgan fingerprint density at radius 1 is 1.23 bits per heavy atom. The molecule has 1 aliphatic rings. The summed E-state index contributed by atoms with van der Waals surface area (Å²) in [5.41, 5.74) is 2.62. The Kier molecular flexibility index (Phi) is 6.53. The molecule has 1 aromatic carbocycles. The zero-order valence-corrected chi connectivity index (χ0v) is 16.7. The molecule has 0 fully saturated rings. The third-order valence-electron chi connectivity index (χ3n) is 4.23. The average Bonchev–Trinajstić information content (AvgIpc) is 2.59. The molecule has 0 atom stereocenters. The lowest BCUT2D eigenvalue weighted by Gasteiger charge is -2.22. The van der Waals surface area contributed by atoms with Crippen molar-refractivity contribution in [1.29, 1.82) is 0 Å². The maximum atomic E-state index is 12.6. The zero-order valence-electron chi connectivity index (χ0n) is 15.9. The molecule has 0 saturated carbocycles. The molecule has 140 valence electrons. The van der Waals surface area contributed by atoms with Crippen molar-refractivity contribution in [2.75, 3.05) is 13.6 Å². The van der Waals surface area contributed by atoms with E-state index in [-0.39, 0.29) is 30.2 Å². The predicted octanol–water partition coefficient (Wildman–Crippen LogP) is 3.77. The van der Waals surface area contributed by atoms with Crippen molar-refractivity contribution < 1.29 is 14.7 Å². The molecule has 1 aliphatic heterocycles. The quantitative estimate of drug-likeness (QED) is 0.770. The first kappa shape index (κ1) is 20.1. The largest absolute Gasteiger partial charge is 0.507 e. The van der Waals surface area contributed by atoms with Crippen LogP contribution in [-0.2, 0) is 9.59 Å². The highest BCUT2D eigenvalue weighted by Gasteiger charge is 2.23. The summed E-state index contributed by atoms with van der Waals surface area (Å²) < 4.78 is 0. The van der Waals surface area contributed by atoms with E-state index >= 15 is 0 Å². The minimum Gasteiger partial charge on any atom is -0.507 e. The molecule has 1 aromatic rings. The van der Waals surface area contributed by atoms with Crippen LogP contribution in [0.15, 0.2) is 28.6 Å². The van der Waals surface area contributed by atoms with Gasteiger partial charge in [-0.1, -0.05) is 39.5 Å². The molecule has 2 amide bonds. The number of thioether (sulfide) groups is 1. The molecule has 0 unspecified atom stereocenters. The van der Waals surface area contributed by atoms with Gasteiger partial charge in [-0.3, -0.25) is 9.59 Å². The van der Waals surface area contributed by atoms with E-state index in [1.165, 1.54) is 16.7 Å². The predicted molar refractivity (Wildman–Crippen MR) is 107 cm³/mol. The van der Waals surface area contributed by atoms with Crippen LogP contribution in [0.3, 0.4) is 0 Å². The number of benzene rings is 1. The van der Waals surface area contributed by atoms with Gasteiger partial charge in [-0.05, 0) is 52.1 Å². The van der Waals surface area contributed by atoms with Crippen LogP contribution >= 0.6 is 11.8 Å². The lowest BCUT2D eigenvalue weighted by atomic mass is 9.91. The van der Waals surface area contributed by atoms with Crippen LogP contribution in [0.25, 0.3) is 6.08 Å². The summed E-state index contributed by atoms with van der Waals surface area (Å²) in [4.78, 5) is 26.2. The topological polar surface area (TPSA) is 69.6 Å². The molecule has 0 aromatic heterocycles. The molecule has 5 nitrogen and oxygen atoms in total. The summed E-state index contributed by atoms with van der Waals surface area (Å²) in [5.74, 6) is 0.255. The molecular formula is C20H26N2O3S. The number of amides is 2. The molecule has 1 heterocycles. The number of phenolic OH excluding ortho intramolecular Hbond substituents is 1. The number of carbonyl (C=O) groups is 2. The Balaban J connectivity index is 2.41. The summed E-state index contributed by atoms with van der Waals surface area (Å²) in [6.45, 7) is 8.12. The second-order valence-electron chi connectivity index (χ2n) is 6.88. The van der Waals surface area contributed by atoms with Gasteiger partial charge in [0.05, 0.1) is 4.91 Å². The van der Waals surface area contributed by atoms with Crippen molar-refractivity contribution in [2.45, 2.75) is 39.5 Å². The number of hydrogen-bond donors (Lipinski definition) is 2. The van der Waals surface area contributed by atoms with Gasteiger partial charge < -0.3 is 15.3 Å². The van der Waals surface area contributed by atoms with Gasteiger partial charge in [0.15, 0.2) is 0 Å². The first-order valence-corrected chi connectivity index (χ1v) is 9.56. The van der Waals surface area contributed by atoms with Crippen LogP contribution in [0.1, 0.15) is 56.2 Å². The molecule has 0 saturated heterocycles. The smallest absolute Gasteiger partial charge is 0.265 e. The molecule has 2 rings (SSSR count).